The highest BCUT2D eigenvalue weighted by Gasteiger charge is 2.24. The van der Waals surface area contributed by atoms with Gasteiger partial charge in [-0.25, -0.2) is 14.7 Å². The molecule has 116 valence electrons. The fourth-order valence-corrected chi connectivity index (χ4v) is 2.84. The quantitative estimate of drug-likeness (QED) is 0.763. The predicted molar refractivity (Wildman–Crippen MR) is 80.9 cm³/mol. The molecule has 7 nitrogen and oxygen atoms in total. The second kappa shape index (κ2) is 6.88. The summed E-state index contributed by atoms with van der Waals surface area (Å²) < 4.78 is 24.1. The second-order valence-electron chi connectivity index (χ2n) is 5.14. The van der Waals surface area contributed by atoms with Crippen molar-refractivity contribution in [3.8, 4) is 0 Å². The number of piperidine rings is 1. The molecule has 1 aromatic rings. The van der Waals surface area contributed by atoms with Crippen LogP contribution in [0.2, 0.25) is 0 Å². The van der Waals surface area contributed by atoms with E-state index in [0.29, 0.717) is 13.1 Å². The van der Waals surface area contributed by atoms with Crippen LogP contribution in [0, 0.1) is 5.92 Å². The minimum absolute atomic E-state index is 0.0820. The Bertz CT molecular complexity index is 576. The van der Waals surface area contributed by atoms with Gasteiger partial charge in [-0.05, 0) is 30.9 Å². The number of nitrogens with zero attached hydrogens (tertiary/aromatic N) is 1. The van der Waals surface area contributed by atoms with Gasteiger partial charge in [-0.15, -0.1) is 0 Å². The van der Waals surface area contributed by atoms with Crippen LogP contribution in [0.1, 0.15) is 12.8 Å². The van der Waals surface area contributed by atoms with E-state index in [1.807, 2.05) is 30.3 Å². The molecule has 1 fully saturated rings. The number of hydrogen-bond acceptors (Lipinski definition) is 3. The number of benzene rings is 1. The third-order valence-electron chi connectivity index (χ3n) is 3.40. The molecular weight excluding hydrogens is 292 g/mol. The number of amides is 2. The predicted octanol–water partition coefficient (Wildman–Crippen LogP) is 0.724. The highest BCUT2D eigenvalue weighted by Crippen LogP contribution is 2.17. The Morgan fingerprint density at radius 2 is 2.05 bits per heavy atom. The van der Waals surface area contributed by atoms with Crippen molar-refractivity contribution in [2.24, 2.45) is 11.1 Å². The van der Waals surface area contributed by atoms with Gasteiger partial charge >= 0.3 is 6.03 Å². The second-order valence-corrected chi connectivity index (χ2v) is 6.52. The lowest BCUT2D eigenvalue weighted by Gasteiger charge is -2.32. The average molecular weight is 312 g/mol. The number of nitrogens with two attached hydrogens (primary N) is 1. The van der Waals surface area contributed by atoms with Gasteiger partial charge in [-0.2, -0.15) is 8.42 Å². The van der Waals surface area contributed by atoms with Crippen LogP contribution >= 0.6 is 0 Å². The highest BCUT2D eigenvalue weighted by molar-refractivity contribution is 7.87. The Morgan fingerprint density at radius 1 is 1.33 bits per heavy atom. The van der Waals surface area contributed by atoms with Crippen molar-refractivity contribution in [1.29, 1.82) is 0 Å². The van der Waals surface area contributed by atoms with E-state index in [2.05, 4.69) is 10.0 Å². The summed E-state index contributed by atoms with van der Waals surface area (Å²) in [4.78, 5) is 13.9. The third-order valence-corrected chi connectivity index (χ3v) is 3.97. The van der Waals surface area contributed by atoms with Crippen molar-refractivity contribution < 1.29 is 13.2 Å². The average Bonchev–Trinajstić information content (AvgIpc) is 2.46. The number of nitrogens with one attached hydrogen (secondary N) is 2. The normalized spacial score (nSPS) is 19.3. The van der Waals surface area contributed by atoms with Crippen molar-refractivity contribution >= 4 is 21.9 Å². The van der Waals surface area contributed by atoms with Gasteiger partial charge in [-0.1, -0.05) is 18.2 Å². The molecule has 0 aromatic heterocycles. The minimum atomic E-state index is -3.68. The molecule has 1 heterocycles. The Hall–Kier alpha value is -1.64. The fraction of sp³-hybridized carbons (Fsp3) is 0.462. The summed E-state index contributed by atoms with van der Waals surface area (Å²) in [7, 11) is -3.68. The van der Waals surface area contributed by atoms with Gasteiger partial charge in [0, 0.05) is 25.3 Å². The first-order valence-electron chi connectivity index (χ1n) is 6.82. The Balaban J connectivity index is 1.87. The number of urea groups is 1. The molecule has 1 unspecified atom stereocenters. The zero-order valence-electron chi connectivity index (χ0n) is 11.7. The molecule has 0 aliphatic carbocycles. The first-order valence-corrected chi connectivity index (χ1v) is 8.37. The molecule has 1 aliphatic heterocycles. The van der Waals surface area contributed by atoms with Gasteiger partial charge in [-0.3, -0.25) is 0 Å². The van der Waals surface area contributed by atoms with Gasteiger partial charge in [0.25, 0.3) is 10.2 Å². The van der Waals surface area contributed by atoms with Gasteiger partial charge in [0.05, 0.1) is 0 Å². The molecule has 0 radical (unpaired) electrons. The molecule has 0 spiro atoms. The topological polar surface area (TPSA) is 105 Å². The van der Waals surface area contributed by atoms with E-state index in [0.717, 1.165) is 18.5 Å². The van der Waals surface area contributed by atoms with E-state index >= 15 is 0 Å². The number of rotatable bonds is 4. The summed E-state index contributed by atoms with van der Waals surface area (Å²) in [6, 6.07) is 9.06. The molecule has 1 aliphatic rings. The van der Waals surface area contributed by atoms with Crippen molar-refractivity contribution in [2.75, 3.05) is 25.0 Å². The van der Waals surface area contributed by atoms with Crippen LogP contribution in [0.5, 0.6) is 0 Å². The maximum absolute atomic E-state index is 12.2. The lowest BCUT2D eigenvalue weighted by atomic mass is 9.99. The van der Waals surface area contributed by atoms with Crippen LogP contribution < -0.4 is 15.2 Å². The maximum Gasteiger partial charge on any atom is 0.321 e. The van der Waals surface area contributed by atoms with Crippen LogP contribution in [0.15, 0.2) is 30.3 Å². The van der Waals surface area contributed by atoms with Crippen molar-refractivity contribution in [2.45, 2.75) is 12.8 Å². The largest absolute Gasteiger partial charge is 0.324 e. The number of carbonyl (C=O) groups excluding carboxylic acids is 1. The maximum atomic E-state index is 12.2. The Kier molecular flexibility index (Phi) is 5.16. The van der Waals surface area contributed by atoms with E-state index in [-0.39, 0.29) is 18.5 Å². The van der Waals surface area contributed by atoms with Gasteiger partial charge in [0.1, 0.15) is 0 Å². The lowest BCUT2D eigenvalue weighted by molar-refractivity contribution is 0.178. The lowest BCUT2D eigenvalue weighted by Crippen LogP contribution is -2.46. The van der Waals surface area contributed by atoms with E-state index in [9.17, 15) is 13.2 Å². The molecular formula is C13H20N4O3S. The van der Waals surface area contributed by atoms with Crippen molar-refractivity contribution in [3.05, 3.63) is 30.3 Å². The van der Waals surface area contributed by atoms with Crippen molar-refractivity contribution in [3.63, 3.8) is 0 Å². The smallest absolute Gasteiger partial charge is 0.321 e. The molecule has 4 N–H and O–H groups in total. The fourth-order valence-electron chi connectivity index (χ4n) is 2.37. The molecule has 1 saturated heterocycles. The molecule has 1 aromatic carbocycles. The van der Waals surface area contributed by atoms with Gasteiger partial charge in [0.2, 0.25) is 0 Å². The molecule has 2 amide bonds. The number of carbonyl (C=O) groups is 1. The summed E-state index contributed by atoms with van der Waals surface area (Å²) in [5.74, 6) is 0.0820. The van der Waals surface area contributed by atoms with Gasteiger partial charge < -0.3 is 10.2 Å². The zero-order chi connectivity index (χ0) is 15.3. The van der Waals surface area contributed by atoms with E-state index in [1.165, 1.54) is 0 Å². The van der Waals surface area contributed by atoms with E-state index in [4.69, 9.17) is 5.14 Å². The van der Waals surface area contributed by atoms with E-state index < -0.39 is 10.2 Å². The van der Waals surface area contributed by atoms with Crippen LogP contribution in [-0.4, -0.2) is 39.0 Å². The summed E-state index contributed by atoms with van der Waals surface area (Å²) in [6.45, 7) is 1.44. The third kappa shape index (κ3) is 5.33. The monoisotopic (exact) mass is 312 g/mol. The summed E-state index contributed by atoms with van der Waals surface area (Å²) in [6.07, 6.45) is 1.72. The van der Waals surface area contributed by atoms with Crippen LogP contribution in [0.25, 0.3) is 0 Å². The highest BCUT2D eigenvalue weighted by atomic mass is 32.2. The minimum Gasteiger partial charge on any atom is -0.324 e. The van der Waals surface area contributed by atoms with Crippen LogP contribution in [-0.2, 0) is 10.2 Å². The summed E-state index contributed by atoms with van der Waals surface area (Å²) >= 11 is 0. The molecule has 0 bridgehead atoms. The van der Waals surface area contributed by atoms with Crippen molar-refractivity contribution in [1.82, 2.24) is 9.62 Å². The molecule has 0 saturated carbocycles. The molecule has 2 rings (SSSR count). The first kappa shape index (κ1) is 15.7. The number of likely N-dealkylation sites (tertiary alicyclic amines) is 1. The Morgan fingerprint density at radius 3 is 2.71 bits per heavy atom. The SMILES string of the molecule is NS(=O)(=O)NCC1CCCN(C(=O)Nc2ccccc2)C1. The van der Waals surface area contributed by atoms with E-state index in [1.54, 1.807) is 4.90 Å². The number of hydrogen-bond donors (Lipinski definition) is 3. The molecule has 8 heteroatoms. The Labute approximate surface area is 124 Å². The summed E-state index contributed by atoms with van der Waals surface area (Å²) in [5, 5.41) is 7.75. The van der Waals surface area contributed by atoms with Gasteiger partial charge in [0.15, 0.2) is 0 Å². The molecule has 21 heavy (non-hydrogen) atoms. The molecule has 1 atom stereocenters. The number of anilines is 1. The van der Waals surface area contributed by atoms with Crippen LogP contribution in [0.4, 0.5) is 10.5 Å². The first-order chi connectivity index (χ1) is 9.94. The standard InChI is InChI=1S/C13H20N4O3S/c14-21(19,20)15-9-11-5-4-8-17(10-11)13(18)16-12-6-2-1-3-7-12/h1-3,6-7,11,15H,4-5,8-10H2,(H,16,18)(H2,14,19,20). The number of para-hydroxylation sites is 1. The van der Waals surface area contributed by atoms with Crippen LogP contribution in [0.3, 0.4) is 0 Å². The summed E-state index contributed by atoms with van der Waals surface area (Å²) in [5.41, 5.74) is 0.743. The zero-order valence-corrected chi connectivity index (χ0v) is 12.5.